The molecule has 2 aromatic rings. The van der Waals surface area contributed by atoms with E-state index >= 15 is 0 Å². The molecule has 1 aliphatic carbocycles. The first-order valence-corrected chi connectivity index (χ1v) is 6.19. The first-order valence-electron chi connectivity index (χ1n) is 6.19. The van der Waals surface area contributed by atoms with E-state index in [0.717, 1.165) is 0 Å². The van der Waals surface area contributed by atoms with E-state index in [-0.39, 0.29) is 34.3 Å². The van der Waals surface area contributed by atoms with Crippen molar-refractivity contribution < 1.29 is 14.4 Å². The Morgan fingerprint density at radius 2 is 1.70 bits per heavy atom. The number of carbonyl (C=O) groups is 3. The minimum atomic E-state index is -0.375. The van der Waals surface area contributed by atoms with Crippen LogP contribution in [0.4, 0.5) is 0 Å². The molecular weight excluding hydrogens is 256 g/mol. The van der Waals surface area contributed by atoms with Crippen LogP contribution in [0.5, 0.6) is 0 Å². The number of amides is 1. The summed E-state index contributed by atoms with van der Waals surface area (Å²) < 4.78 is 0. The van der Waals surface area contributed by atoms with Gasteiger partial charge in [0.05, 0.1) is 16.8 Å². The second-order valence-electron chi connectivity index (χ2n) is 4.66. The Hall–Kier alpha value is -2.69. The summed E-state index contributed by atoms with van der Waals surface area (Å²) in [6.45, 7) is 1.67. The fraction of sp³-hybridized carbons (Fsp3) is 0.133. The van der Waals surface area contributed by atoms with Crippen LogP contribution in [-0.4, -0.2) is 29.5 Å². The quantitative estimate of drug-likeness (QED) is 0.701. The number of fused-ring (bicyclic) bond motifs is 2. The van der Waals surface area contributed by atoms with Gasteiger partial charge in [0.1, 0.15) is 0 Å². The predicted octanol–water partition coefficient (Wildman–Crippen LogP) is 1.46. The van der Waals surface area contributed by atoms with E-state index in [4.69, 9.17) is 0 Å². The summed E-state index contributed by atoms with van der Waals surface area (Å²) in [4.78, 5) is 39.8. The van der Waals surface area contributed by atoms with Crippen LogP contribution in [0, 0.1) is 6.92 Å². The standard InChI is InChI=1S/C15H12N2O3/c1-7-10(15(20)16-2)11-12(17-7)14(19)9-6-4-3-5-8(9)13(11)18/h3-6,17H,1-2H3,(H,16,20). The first-order chi connectivity index (χ1) is 9.56. The molecule has 1 aliphatic rings. The number of aryl methyl sites for hydroxylation is 1. The van der Waals surface area contributed by atoms with Crippen LogP contribution in [0.2, 0.25) is 0 Å². The molecule has 0 bridgehead atoms. The zero-order valence-electron chi connectivity index (χ0n) is 11.0. The molecule has 0 saturated heterocycles. The maximum Gasteiger partial charge on any atom is 0.253 e. The Morgan fingerprint density at radius 3 is 2.30 bits per heavy atom. The lowest BCUT2D eigenvalue weighted by atomic mass is 9.86. The average molecular weight is 268 g/mol. The monoisotopic (exact) mass is 268 g/mol. The second kappa shape index (κ2) is 4.16. The fourth-order valence-corrected chi connectivity index (χ4v) is 2.58. The zero-order chi connectivity index (χ0) is 14.4. The molecule has 100 valence electrons. The van der Waals surface area contributed by atoms with E-state index in [0.29, 0.717) is 16.8 Å². The number of ketones is 2. The number of nitrogens with one attached hydrogen (secondary N) is 2. The van der Waals surface area contributed by atoms with Gasteiger partial charge in [0, 0.05) is 23.9 Å². The highest BCUT2D eigenvalue weighted by Crippen LogP contribution is 2.30. The van der Waals surface area contributed by atoms with Gasteiger partial charge in [0.25, 0.3) is 5.91 Å². The van der Waals surface area contributed by atoms with Gasteiger partial charge in [-0.05, 0) is 6.92 Å². The number of hydrogen-bond acceptors (Lipinski definition) is 3. The average Bonchev–Trinajstić information content (AvgIpc) is 2.82. The molecular formula is C15H12N2O3. The minimum absolute atomic E-state index is 0.172. The van der Waals surface area contributed by atoms with Crippen molar-refractivity contribution in [1.82, 2.24) is 10.3 Å². The van der Waals surface area contributed by atoms with Crippen LogP contribution >= 0.6 is 0 Å². The molecule has 1 amide bonds. The Morgan fingerprint density at radius 1 is 1.10 bits per heavy atom. The molecule has 0 fully saturated rings. The third-order valence-electron chi connectivity index (χ3n) is 3.51. The Balaban J connectivity index is 2.32. The lowest BCUT2D eigenvalue weighted by molar-refractivity contribution is 0.0946. The van der Waals surface area contributed by atoms with Gasteiger partial charge in [-0.25, -0.2) is 0 Å². The van der Waals surface area contributed by atoms with E-state index in [1.54, 1.807) is 31.2 Å². The molecule has 0 atom stereocenters. The van der Waals surface area contributed by atoms with Crippen molar-refractivity contribution in [2.75, 3.05) is 7.05 Å². The van der Waals surface area contributed by atoms with Crippen LogP contribution in [-0.2, 0) is 0 Å². The molecule has 0 radical (unpaired) electrons. The van der Waals surface area contributed by atoms with E-state index < -0.39 is 0 Å². The van der Waals surface area contributed by atoms with Gasteiger partial charge in [-0.2, -0.15) is 0 Å². The fourth-order valence-electron chi connectivity index (χ4n) is 2.58. The van der Waals surface area contributed by atoms with Crippen LogP contribution in [0.1, 0.15) is 48.0 Å². The SMILES string of the molecule is CNC(=O)c1c(C)[nH]c2c1C(=O)c1ccccc1C2=O. The van der Waals surface area contributed by atoms with E-state index in [1.165, 1.54) is 7.05 Å². The highest BCUT2D eigenvalue weighted by Gasteiger charge is 2.35. The summed E-state index contributed by atoms with van der Waals surface area (Å²) in [5.74, 6) is -0.924. The normalized spacial score (nSPS) is 12.9. The van der Waals surface area contributed by atoms with Gasteiger partial charge in [-0.15, -0.1) is 0 Å². The van der Waals surface area contributed by atoms with Crippen molar-refractivity contribution in [1.29, 1.82) is 0 Å². The summed E-state index contributed by atoms with van der Waals surface area (Å²) >= 11 is 0. The summed E-state index contributed by atoms with van der Waals surface area (Å²) in [6, 6.07) is 6.64. The van der Waals surface area contributed by atoms with Gasteiger partial charge in [0.2, 0.25) is 5.78 Å². The molecule has 0 unspecified atom stereocenters. The molecule has 20 heavy (non-hydrogen) atoms. The largest absolute Gasteiger partial charge is 0.355 e. The van der Waals surface area contributed by atoms with E-state index in [2.05, 4.69) is 10.3 Å². The molecule has 1 heterocycles. The van der Waals surface area contributed by atoms with Crippen molar-refractivity contribution in [2.45, 2.75) is 6.92 Å². The zero-order valence-corrected chi connectivity index (χ0v) is 11.0. The molecule has 2 N–H and O–H groups in total. The molecule has 1 aromatic carbocycles. The molecule has 0 spiro atoms. The van der Waals surface area contributed by atoms with Crippen molar-refractivity contribution in [3.8, 4) is 0 Å². The maximum absolute atomic E-state index is 12.6. The highest BCUT2D eigenvalue weighted by molar-refractivity contribution is 6.30. The van der Waals surface area contributed by atoms with Crippen LogP contribution in [0.15, 0.2) is 24.3 Å². The van der Waals surface area contributed by atoms with Crippen LogP contribution < -0.4 is 5.32 Å². The summed E-state index contributed by atoms with van der Waals surface area (Å²) in [7, 11) is 1.49. The smallest absolute Gasteiger partial charge is 0.253 e. The van der Waals surface area contributed by atoms with Gasteiger partial charge in [0.15, 0.2) is 5.78 Å². The molecule has 0 aliphatic heterocycles. The molecule has 1 aromatic heterocycles. The Bertz CT molecular complexity index is 771. The summed E-state index contributed by atoms with van der Waals surface area (Å²) in [6.07, 6.45) is 0. The minimum Gasteiger partial charge on any atom is -0.355 e. The van der Waals surface area contributed by atoms with Crippen molar-refractivity contribution in [2.24, 2.45) is 0 Å². The summed E-state index contributed by atoms with van der Waals surface area (Å²) in [5, 5.41) is 2.50. The van der Waals surface area contributed by atoms with Crippen molar-refractivity contribution in [3.63, 3.8) is 0 Å². The van der Waals surface area contributed by atoms with E-state index in [1.807, 2.05) is 0 Å². The lowest BCUT2D eigenvalue weighted by Gasteiger charge is -2.14. The number of aromatic nitrogens is 1. The third kappa shape index (κ3) is 1.46. The maximum atomic E-state index is 12.6. The van der Waals surface area contributed by atoms with Crippen LogP contribution in [0.25, 0.3) is 0 Å². The van der Waals surface area contributed by atoms with Gasteiger partial charge >= 0.3 is 0 Å². The number of benzene rings is 1. The van der Waals surface area contributed by atoms with Gasteiger partial charge in [-0.1, -0.05) is 24.3 Å². The molecule has 3 rings (SSSR count). The first kappa shape index (κ1) is 12.3. The molecule has 0 saturated carbocycles. The van der Waals surface area contributed by atoms with Crippen LogP contribution in [0.3, 0.4) is 0 Å². The third-order valence-corrected chi connectivity index (χ3v) is 3.51. The number of H-pyrrole nitrogens is 1. The summed E-state index contributed by atoms with van der Waals surface area (Å²) in [5.41, 5.74) is 1.85. The Kier molecular flexibility index (Phi) is 2.57. The Labute approximate surface area is 115 Å². The predicted molar refractivity (Wildman–Crippen MR) is 72.2 cm³/mol. The molecule has 5 heteroatoms. The van der Waals surface area contributed by atoms with Gasteiger partial charge in [-0.3, -0.25) is 14.4 Å². The number of hydrogen-bond donors (Lipinski definition) is 2. The van der Waals surface area contributed by atoms with Crippen molar-refractivity contribution >= 4 is 17.5 Å². The van der Waals surface area contributed by atoms with Gasteiger partial charge < -0.3 is 10.3 Å². The number of aromatic amines is 1. The van der Waals surface area contributed by atoms with Crippen molar-refractivity contribution in [3.05, 3.63) is 57.9 Å². The topological polar surface area (TPSA) is 79.0 Å². The van der Waals surface area contributed by atoms with E-state index in [9.17, 15) is 14.4 Å². The molecule has 5 nitrogen and oxygen atoms in total. The number of rotatable bonds is 1. The lowest BCUT2D eigenvalue weighted by Crippen LogP contribution is -2.25. The number of carbonyl (C=O) groups excluding carboxylic acids is 3. The second-order valence-corrected chi connectivity index (χ2v) is 4.66. The highest BCUT2D eigenvalue weighted by atomic mass is 16.2.